The Morgan fingerprint density at radius 3 is 1.82 bits per heavy atom. The molecule has 3 nitrogen and oxygen atoms in total. The summed E-state index contributed by atoms with van der Waals surface area (Å²) in [7, 11) is 0. The molecule has 49 heavy (non-hydrogen) atoms. The van der Waals surface area contributed by atoms with E-state index < -0.39 is 18.3 Å². The topological polar surface area (TPSA) is 38.9 Å². The summed E-state index contributed by atoms with van der Waals surface area (Å²) in [6.07, 6.45) is -0.467. The van der Waals surface area contributed by atoms with Crippen molar-refractivity contribution in [2.75, 3.05) is 0 Å². The van der Waals surface area contributed by atoms with Crippen molar-refractivity contribution in [3.8, 4) is 45.0 Å². The summed E-state index contributed by atoms with van der Waals surface area (Å²) in [5, 5.41) is 5.79. The van der Waals surface area contributed by atoms with Gasteiger partial charge in [-0.15, -0.1) is 0 Å². The van der Waals surface area contributed by atoms with Crippen LogP contribution >= 0.6 is 0 Å². The number of fused-ring (bicyclic) bond motifs is 6. The number of rotatable bonds is 4. The third-order valence-electron chi connectivity index (χ3n) is 9.24. The van der Waals surface area contributed by atoms with Crippen LogP contribution in [-0.4, -0.2) is 9.97 Å². The van der Waals surface area contributed by atoms with E-state index in [0.717, 1.165) is 54.6 Å². The predicted molar refractivity (Wildman–Crippen MR) is 204 cm³/mol. The minimum atomic E-state index is -0.467. The minimum absolute atomic E-state index is 0.0123. The molecule has 0 fully saturated rings. The monoisotopic (exact) mass is 631 g/mol. The number of benzene rings is 7. The van der Waals surface area contributed by atoms with E-state index in [9.17, 15) is 0 Å². The third-order valence-corrected chi connectivity index (χ3v) is 9.24. The molecule has 0 aliphatic heterocycles. The molecule has 3 aromatic heterocycles. The molecule has 3 heteroatoms. The molecule has 0 bridgehead atoms. The lowest BCUT2D eigenvalue weighted by Crippen LogP contribution is -1.91. The second kappa shape index (κ2) is 11.0. The van der Waals surface area contributed by atoms with E-state index in [1.165, 1.54) is 0 Å². The van der Waals surface area contributed by atoms with Crippen molar-refractivity contribution in [3.63, 3.8) is 0 Å². The zero-order valence-electron chi connectivity index (χ0n) is 32.9. The first kappa shape index (κ1) is 21.3. The molecule has 0 radical (unpaired) electrons. The highest BCUT2D eigenvalue weighted by atomic mass is 16.3. The molecule has 10 aromatic rings. The van der Waals surface area contributed by atoms with Crippen LogP contribution in [0.4, 0.5) is 0 Å². The van der Waals surface area contributed by atoms with Gasteiger partial charge in [0, 0.05) is 39.2 Å². The van der Waals surface area contributed by atoms with Gasteiger partial charge in [0.25, 0.3) is 0 Å². The van der Waals surface area contributed by atoms with Gasteiger partial charge in [0.05, 0.1) is 26.3 Å². The molecule has 228 valence electrons. The average Bonchev–Trinajstić information content (AvgIpc) is 3.67. The molecule has 0 unspecified atom stereocenters. The zero-order chi connectivity index (χ0) is 38.4. The molecule has 0 amide bonds. The van der Waals surface area contributed by atoms with Crippen LogP contribution in [0.1, 0.15) is 9.60 Å². The van der Waals surface area contributed by atoms with Gasteiger partial charge < -0.3 is 4.42 Å². The number of hydrogen-bond acceptors (Lipinski definition) is 3. The van der Waals surface area contributed by atoms with Crippen molar-refractivity contribution in [1.29, 1.82) is 0 Å². The van der Waals surface area contributed by atoms with E-state index >= 15 is 0 Å². The van der Waals surface area contributed by atoms with Crippen LogP contribution in [0.25, 0.3) is 99.2 Å². The molecule has 0 N–H and O–H groups in total. The van der Waals surface area contributed by atoms with Crippen LogP contribution in [0.5, 0.6) is 0 Å². The number of pyridine rings is 2. The predicted octanol–water partition coefficient (Wildman–Crippen LogP) is 12.5. The van der Waals surface area contributed by atoms with Crippen LogP contribution in [0.2, 0.25) is 0 Å². The molecule has 0 saturated heterocycles. The van der Waals surface area contributed by atoms with Crippen molar-refractivity contribution in [3.05, 3.63) is 170 Å². The maximum Gasteiger partial charge on any atom is 0.143 e. The molecule has 0 spiro atoms. The summed E-state index contributed by atoms with van der Waals surface area (Å²) in [5.41, 5.74) is 4.44. The minimum Gasteiger partial charge on any atom is -0.455 e. The lowest BCUT2D eigenvalue weighted by molar-refractivity contribution is 0.599. The van der Waals surface area contributed by atoms with E-state index in [1.54, 1.807) is 0 Å². The summed E-state index contributed by atoms with van der Waals surface area (Å²) in [6, 6.07) is 40.5. The Morgan fingerprint density at radius 2 is 1.04 bits per heavy atom. The third kappa shape index (κ3) is 4.44. The first-order valence-electron chi connectivity index (χ1n) is 19.5. The van der Waals surface area contributed by atoms with Crippen molar-refractivity contribution < 1.29 is 14.0 Å². The fourth-order valence-electron chi connectivity index (χ4n) is 6.97. The van der Waals surface area contributed by atoms with Crippen molar-refractivity contribution in [2.45, 2.75) is 0 Å². The van der Waals surface area contributed by atoms with Crippen molar-refractivity contribution in [1.82, 2.24) is 9.97 Å². The van der Waals surface area contributed by atoms with Crippen molar-refractivity contribution in [2.24, 2.45) is 0 Å². The summed E-state index contributed by atoms with van der Waals surface area (Å²) in [6.45, 7) is 0. The van der Waals surface area contributed by atoms with E-state index in [1.807, 2.05) is 72.8 Å². The fraction of sp³-hybridized carbons (Fsp3) is 0. The second-order valence-electron chi connectivity index (χ2n) is 12.0. The number of aromatic nitrogens is 2. The van der Waals surface area contributed by atoms with Gasteiger partial charge in [-0.3, -0.25) is 4.98 Å². The summed E-state index contributed by atoms with van der Waals surface area (Å²) < 4.78 is 67.4. The summed E-state index contributed by atoms with van der Waals surface area (Å²) >= 11 is 0. The SMILES string of the molecule is [2H]c1nc2c(c([2H])c1[2H])c([2H])c([2H])c1c([2H])c([2H])c(-c3ccc(-c4cc(-c5cccc6ccccc56)oc4-c4cccc5ccccc45)c4ccccc34)nc12. The van der Waals surface area contributed by atoms with E-state index in [0.29, 0.717) is 17.1 Å². The first-order valence-corrected chi connectivity index (χ1v) is 16.0. The van der Waals surface area contributed by atoms with Crippen LogP contribution in [-0.2, 0) is 0 Å². The van der Waals surface area contributed by atoms with Crippen LogP contribution in [0.15, 0.2) is 174 Å². The quantitative estimate of drug-likeness (QED) is 0.181. The molecule has 10 rings (SSSR count). The number of hydrogen-bond donors (Lipinski definition) is 0. The maximum absolute atomic E-state index is 9.16. The highest BCUT2D eigenvalue weighted by Crippen LogP contribution is 2.45. The Morgan fingerprint density at radius 1 is 0.449 bits per heavy atom. The van der Waals surface area contributed by atoms with Gasteiger partial charge in [-0.05, 0) is 56.0 Å². The molecule has 0 aliphatic rings. The largest absolute Gasteiger partial charge is 0.455 e. The summed E-state index contributed by atoms with van der Waals surface area (Å²) in [4.78, 5) is 9.09. The highest BCUT2D eigenvalue weighted by Gasteiger charge is 2.21. The molecular weight excluding hydrogens is 597 g/mol. The Labute approximate surface area is 292 Å². The molecule has 0 aliphatic carbocycles. The van der Waals surface area contributed by atoms with E-state index in [2.05, 4.69) is 59.6 Å². The standard InChI is InChI=1S/C46H28N2O/c1-3-15-33-29(10-1)12-7-19-39(33)43-28-41(46(49-43)40-20-8-13-30-11-2-4-16-34(30)40)37-24-25-38(36-18-6-5-17-35(36)37)42-26-23-32-22-21-31-14-9-27-47-44(31)45(32)48-42/h1-28H/i9D,14D,21D,22D,23D,26D,27D. The first-order chi connectivity index (χ1) is 27.2. The number of furan rings is 1. The molecule has 3 heterocycles. The van der Waals surface area contributed by atoms with Crippen molar-refractivity contribution >= 4 is 54.1 Å². The van der Waals surface area contributed by atoms with Crippen LogP contribution in [0, 0.1) is 0 Å². The lowest BCUT2D eigenvalue weighted by atomic mass is 9.91. The molecule has 0 saturated carbocycles. The van der Waals surface area contributed by atoms with E-state index in [-0.39, 0.29) is 51.7 Å². The van der Waals surface area contributed by atoms with Crippen LogP contribution < -0.4 is 0 Å². The summed E-state index contributed by atoms with van der Waals surface area (Å²) in [5.74, 6) is 1.42. The zero-order valence-corrected chi connectivity index (χ0v) is 25.9. The lowest BCUT2D eigenvalue weighted by Gasteiger charge is -2.13. The molecule has 0 atom stereocenters. The second-order valence-corrected chi connectivity index (χ2v) is 12.0. The smallest absolute Gasteiger partial charge is 0.143 e. The van der Waals surface area contributed by atoms with Gasteiger partial charge in [-0.1, -0.05) is 145 Å². The van der Waals surface area contributed by atoms with Gasteiger partial charge in [0.2, 0.25) is 0 Å². The molecular formula is C46H28N2O. The fourth-order valence-corrected chi connectivity index (χ4v) is 6.97. The molecule has 7 aromatic carbocycles. The van der Waals surface area contributed by atoms with Gasteiger partial charge in [0.15, 0.2) is 0 Å². The van der Waals surface area contributed by atoms with Gasteiger partial charge >= 0.3 is 0 Å². The Balaban J connectivity index is 1.25. The normalized spacial score (nSPS) is 13.7. The Hall–Kier alpha value is -6.58. The van der Waals surface area contributed by atoms with Gasteiger partial charge in [-0.2, -0.15) is 0 Å². The Bertz CT molecular complexity index is 3290. The van der Waals surface area contributed by atoms with E-state index in [4.69, 9.17) is 19.0 Å². The van der Waals surface area contributed by atoms with Gasteiger partial charge in [0.1, 0.15) is 11.5 Å². The Kier molecular flexibility index (Phi) is 4.79. The van der Waals surface area contributed by atoms with Gasteiger partial charge in [-0.25, -0.2) is 4.98 Å². The maximum atomic E-state index is 9.16. The highest BCUT2D eigenvalue weighted by molar-refractivity contribution is 6.10. The van der Waals surface area contributed by atoms with Crippen LogP contribution in [0.3, 0.4) is 0 Å². The number of nitrogens with zero attached hydrogens (tertiary/aromatic N) is 2. The average molecular weight is 632 g/mol.